The van der Waals surface area contributed by atoms with Crippen molar-refractivity contribution in [1.82, 2.24) is 4.98 Å². The van der Waals surface area contributed by atoms with E-state index in [1.165, 1.54) is 11.1 Å². The summed E-state index contributed by atoms with van der Waals surface area (Å²) < 4.78 is 31.3. The van der Waals surface area contributed by atoms with E-state index >= 15 is 0 Å². The molecule has 1 saturated heterocycles. The van der Waals surface area contributed by atoms with Crippen LogP contribution in [0.15, 0.2) is 65.0 Å². The molecule has 0 unspecified atom stereocenters. The van der Waals surface area contributed by atoms with Gasteiger partial charge in [-0.05, 0) is 42.6 Å². The molecule has 0 N–H and O–H groups in total. The molecule has 2 aromatic rings. The van der Waals surface area contributed by atoms with E-state index in [0.29, 0.717) is 25.5 Å². The number of oxazole rings is 1. The van der Waals surface area contributed by atoms with Crippen LogP contribution in [0.3, 0.4) is 0 Å². The van der Waals surface area contributed by atoms with Gasteiger partial charge in [-0.2, -0.15) is 0 Å². The Morgan fingerprint density at radius 3 is 2.41 bits per heavy atom. The summed E-state index contributed by atoms with van der Waals surface area (Å²) in [5, 5.41) is 0. The van der Waals surface area contributed by atoms with Gasteiger partial charge in [-0.3, -0.25) is 0 Å². The number of aryl methyl sites for hydroxylation is 1. The Morgan fingerprint density at radius 2 is 1.73 bits per heavy atom. The first-order valence-electron chi connectivity index (χ1n) is 13.8. The second-order valence-corrected chi connectivity index (χ2v) is 15.1. The van der Waals surface area contributed by atoms with Gasteiger partial charge in [0.15, 0.2) is 5.89 Å². The minimum Gasteiger partial charge on any atom is -0.547 e. The lowest BCUT2D eigenvalue weighted by Gasteiger charge is -2.37. The molecule has 1 aromatic carbocycles. The molecule has 0 radical (unpaired) electrons. The molecule has 202 valence electrons. The maximum atomic E-state index is 6.83. The molecule has 3 heterocycles. The Morgan fingerprint density at radius 1 is 1.00 bits per heavy atom. The molecular weight excluding hydrogens is 482 g/mol. The Hall–Kier alpha value is -2.19. The van der Waals surface area contributed by atoms with Crippen LogP contribution in [0.2, 0.25) is 18.1 Å². The molecule has 37 heavy (non-hydrogen) atoms. The van der Waals surface area contributed by atoms with Gasteiger partial charge in [-0.25, -0.2) is 4.98 Å². The van der Waals surface area contributed by atoms with E-state index in [1.54, 1.807) is 6.26 Å². The summed E-state index contributed by atoms with van der Waals surface area (Å²) in [5.74, 6) is 1.69. The summed E-state index contributed by atoms with van der Waals surface area (Å²) in [5.41, 5.74) is 3.20. The van der Waals surface area contributed by atoms with Crippen molar-refractivity contribution in [1.29, 1.82) is 0 Å². The summed E-state index contributed by atoms with van der Waals surface area (Å²) in [4.78, 5) is 4.56. The molecule has 1 fully saturated rings. The standard InChI is InChI=1S/C30H43NO5Si/c1-6-37(7-2,8-3)36-27-17-26(35-30(18-27)29-21-33-23(5)31-29)16-25-14-22(4)15-28(34-25)20-32-19-24-12-10-9-11-13-24/h9-13,17,21,25-26,28,30H,4,6-8,14-16,18-20H2,1-3,5H3/t25-,26-,28-,30-/m1/s1. The van der Waals surface area contributed by atoms with Gasteiger partial charge in [0.2, 0.25) is 8.32 Å². The summed E-state index contributed by atoms with van der Waals surface area (Å²) >= 11 is 0. The minimum atomic E-state index is -1.81. The molecule has 1 aromatic heterocycles. The highest BCUT2D eigenvalue weighted by atomic mass is 28.4. The zero-order valence-electron chi connectivity index (χ0n) is 22.9. The Bertz CT molecular complexity index is 1020. The molecule has 0 saturated carbocycles. The van der Waals surface area contributed by atoms with E-state index in [0.717, 1.165) is 48.8 Å². The first-order chi connectivity index (χ1) is 17.9. The highest BCUT2D eigenvalue weighted by Gasteiger charge is 2.36. The van der Waals surface area contributed by atoms with Crippen LogP contribution in [0.1, 0.15) is 69.7 Å². The van der Waals surface area contributed by atoms with E-state index < -0.39 is 8.32 Å². The van der Waals surface area contributed by atoms with Crippen molar-refractivity contribution in [3.05, 3.63) is 77.7 Å². The maximum absolute atomic E-state index is 6.83. The van der Waals surface area contributed by atoms with Gasteiger partial charge in [0.1, 0.15) is 18.1 Å². The molecule has 0 bridgehead atoms. The van der Waals surface area contributed by atoms with E-state index in [2.05, 4.69) is 50.5 Å². The highest BCUT2D eigenvalue weighted by molar-refractivity contribution is 6.73. The first kappa shape index (κ1) is 27.8. The van der Waals surface area contributed by atoms with Gasteiger partial charge >= 0.3 is 0 Å². The van der Waals surface area contributed by atoms with Crippen molar-refractivity contribution >= 4 is 8.32 Å². The van der Waals surface area contributed by atoms with Gasteiger partial charge in [0, 0.05) is 19.8 Å². The van der Waals surface area contributed by atoms with Crippen molar-refractivity contribution in [3.63, 3.8) is 0 Å². The third-order valence-corrected chi connectivity index (χ3v) is 12.2. The molecule has 0 amide bonds. The summed E-state index contributed by atoms with van der Waals surface area (Å²) in [6, 6.07) is 13.6. The van der Waals surface area contributed by atoms with Gasteiger partial charge in [0.25, 0.3) is 0 Å². The van der Waals surface area contributed by atoms with Gasteiger partial charge in [-0.1, -0.05) is 63.3 Å². The van der Waals surface area contributed by atoms with E-state index in [-0.39, 0.29) is 24.4 Å². The van der Waals surface area contributed by atoms with Crippen LogP contribution in [0.5, 0.6) is 0 Å². The average Bonchev–Trinajstić information content (AvgIpc) is 3.34. The predicted octanol–water partition coefficient (Wildman–Crippen LogP) is 7.43. The highest BCUT2D eigenvalue weighted by Crippen LogP contribution is 2.37. The number of ether oxygens (including phenoxy) is 3. The zero-order chi connectivity index (χ0) is 26.3. The van der Waals surface area contributed by atoms with Gasteiger partial charge in [-0.15, -0.1) is 0 Å². The molecule has 0 spiro atoms. The average molecular weight is 526 g/mol. The molecule has 0 aliphatic carbocycles. The Balaban J connectivity index is 1.42. The normalized spacial score (nSPS) is 24.6. The first-order valence-corrected chi connectivity index (χ1v) is 16.4. The van der Waals surface area contributed by atoms with Crippen molar-refractivity contribution in [2.75, 3.05) is 6.61 Å². The van der Waals surface area contributed by atoms with Crippen LogP contribution in [0.4, 0.5) is 0 Å². The Labute approximate surface area is 223 Å². The van der Waals surface area contributed by atoms with Crippen molar-refractivity contribution in [3.8, 4) is 0 Å². The second kappa shape index (κ2) is 13.0. The van der Waals surface area contributed by atoms with Crippen molar-refractivity contribution in [2.24, 2.45) is 0 Å². The number of hydrogen-bond donors (Lipinski definition) is 0. The summed E-state index contributed by atoms with van der Waals surface area (Å²) in [6.45, 7) is 14.1. The van der Waals surface area contributed by atoms with Crippen LogP contribution >= 0.6 is 0 Å². The number of hydrogen-bond acceptors (Lipinski definition) is 6. The third-order valence-electron chi connectivity index (χ3n) is 7.67. The fourth-order valence-corrected chi connectivity index (χ4v) is 8.02. The summed E-state index contributed by atoms with van der Waals surface area (Å²) in [7, 11) is -1.81. The quantitative estimate of drug-likeness (QED) is 0.212. The minimum absolute atomic E-state index is 0.00701. The lowest BCUT2D eigenvalue weighted by atomic mass is 9.95. The van der Waals surface area contributed by atoms with E-state index in [9.17, 15) is 0 Å². The number of benzene rings is 1. The van der Waals surface area contributed by atoms with E-state index in [4.69, 9.17) is 23.1 Å². The molecule has 2 aliphatic heterocycles. The van der Waals surface area contributed by atoms with Crippen molar-refractivity contribution in [2.45, 2.75) is 103 Å². The number of aromatic nitrogens is 1. The topological polar surface area (TPSA) is 63.0 Å². The molecular formula is C30H43NO5Si. The fourth-order valence-electron chi connectivity index (χ4n) is 5.38. The smallest absolute Gasteiger partial charge is 0.250 e. The Kier molecular flexibility index (Phi) is 9.81. The number of rotatable bonds is 12. The lowest BCUT2D eigenvalue weighted by molar-refractivity contribution is -0.0990. The van der Waals surface area contributed by atoms with Gasteiger partial charge < -0.3 is 23.1 Å². The van der Waals surface area contributed by atoms with Crippen LogP contribution in [0, 0.1) is 6.92 Å². The SMILES string of the molecule is C=C1C[C@H](C[C@@H]2C=C(O[Si](CC)(CC)CC)C[C@H](c3coc(C)n3)O2)O[C@@H](COCc2ccccc2)C1. The lowest BCUT2D eigenvalue weighted by Crippen LogP contribution is -2.38. The van der Waals surface area contributed by atoms with Crippen LogP contribution in [0.25, 0.3) is 0 Å². The third kappa shape index (κ3) is 7.66. The monoisotopic (exact) mass is 525 g/mol. The van der Waals surface area contributed by atoms with Crippen LogP contribution in [-0.2, 0) is 25.2 Å². The largest absolute Gasteiger partial charge is 0.547 e. The van der Waals surface area contributed by atoms with Crippen molar-refractivity contribution < 1.29 is 23.1 Å². The zero-order valence-corrected chi connectivity index (χ0v) is 23.9. The molecule has 6 nitrogen and oxygen atoms in total. The van der Waals surface area contributed by atoms with Gasteiger partial charge in [0.05, 0.1) is 37.3 Å². The second-order valence-electron chi connectivity index (χ2n) is 10.4. The van der Waals surface area contributed by atoms with E-state index in [1.807, 2.05) is 25.1 Å². The fraction of sp³-hybridized carbons (Fsp3) is 0.567. The molecule has 7 heteroatoms. The number of nitrogens with zero attached hydrogens (tertiary/aromatic N) is 1. The predicted molar refractivity (Wildman–Crippen MR) is 148 cm³/mol. The molecule has 2 aliphatic rings. The van der Waals surface area contributed by atoms with Crippen LogP contribution in [-0.4, -0.2) is 38.2 Å². The van der Waals surface area contributed by atoms with Crippen LogP contribution < -0.4 is 0 Å². The summed E-state index contributed by atoms with van der Waals surface area (Å²) in [6.07, 6.45) is 6.73. The molecule has 4 rings (SSSR count). The maximum Gasteiger partial charge on any atom is 0.250 e. The molecule has 4 atom stereocenters.